The van der Waals surface area contributed by atoms with Crippen LogP contribution in [-0.2, 0) is 4.74 Å². The molecule has 3 aromatic rings. The van der Waals surface area contributed by atoms with Crippen LogP contribution in [0.3, 0.4) is 0 Å². The third-order valence-electron chi connectivity index (χ3n) is 3.85. The van der Waals surface area contributed by atoms with E-state index in [1.165, 1.54) is 36.6 Å². The molecule has 1 amide bonds. The average Bonchev–Trinajstić information content (AvgIpc) is 2.97. The molecule has 0 unspecified atom stereocenters. The van der Waals surface area contributed by atoms with E-state index in [1.54, 1.807) is 0 Å². The largest absolute Gasteiger partial charge is 0.465 e. The SMILES string of the molecule is COC(=O)c1c(NC(=O)c2cccc(F)c2)sc(C)c1-c1ccccc1. The van der Waals surface area contributed by atoms with E-state index in [9.17, 15) is 14.0 Å². The minimum absolute atomic E-state index is 0.174. The normalized spacial score (nSPS) is 10.4. The number of thiophene rings is 1. The van der Waals surface area contributed by atoms with Gasteiger partial charge in [-0.2, -0.15) is 0 Å². The van der Waals surface area contributed by atoms with Gasteiger partial charge in [0.1, 0.15) is 16.4 Å². The summed E-state index contributed by atoms with van der Waals surface area (Å²) in [7, 11) is 1.29. The zero-order valence-electron chi connectivity index (χ0n) is 14.2. The molecule has 0 fully saturated rings. The van der Waals surface area contributed by atoms with E-state index in [2.05, 4.69) is 5.32 Å². The van der Waals surface area contributed by atoms with E-state index in [4.69, 9.17) is 4.74 Å². The summed E-state index contributed by atoms with van der Waals surface area (Å²) in [6, 6.07) is 14.8. The first-order valence-electron chi connectivity index (χ1n) is 7.85. The summed E-state index contributed by atoms with van der Waals surface area (Å²) in [5.41, 5.74) is 2.05. The molecule has 0 radical (unpaired) electrons. The second kappa shape index (κ2) is 7.49. The van der Waals surface area contributed by atoms with Crippen molar-refractivity contribution in [3.05, 3.63) is 76.4 Å². The molecule has 2 aromatic carbocycles. The molecule has 4 nitrogen and oxygen atoms in total. The molecule has 0 aliphatic heterocycles. The lowest BCUT2D eigenvalue weighted by atomic mass is 10.0. The number of anilines is 1. The van der Waals surface area contributed by atoms with E-state index in [0.29, 0.717) is 10.6 Å². The Morgan fingerprint density at radius 3 is 2.46 bits per heavy atom. The van der Waals surface area contributed by atoms with Crippen LogP contribution in [-0.4, -0.2) is 19.0 Å². The van der Waals surface area contributed by atoms with Gasteiger partial charge in [0.05, 0.1) is 7.11 Å². The van der Waals surface area contributed by atoms with Gasteiger partial charge >= 0.3 is 5.97 Å². The molecule has 6 heteroatoms. The lowest BCUT2D eigenvalue weighted by molar-refractivity contribution is 0.0603. The van der Waals surface area contributed by atoms with Gasteiger partial charge in [-0.25, -0.2) is 9.18 Å². The Kier molecular flexibility index (Phi) is 5.14. The van der Waals surface area contributed by atoms with E-state index in [0.717, 1.165) is 22.1 Å². The van der Waals surface area contributed by atoms with Crippen LogP contribution in [0.1, 0.15) is 25.6 Å². The fourth-order valence-corrected chi connectivity index (χ4v) is 3.75. The lowest BCUT2D eigenvalue weighted by Crippen LogP contribution is -2.14. The van der Waals surface area contributed by atoms with Crippen LogP contribution in [0.5, 0.6) is 0 Å². The Labute approximate surface area is 154 Å². The number of benzene rings is 2. The molecule has 0 aliphatic rings. The van der Waals surface area contributed by atoms with Gasteiger partial charge in [0.2, 0.25) is 0 Å². The molecular weight excluding hydrogens is 353 g/mol. The highest BCUT2D eigenvalue weighted by Gasteiger charge is 2.25. The summed E-state index contributed by atoms with van der Waals surface area (Å²) in [6.07, 6.45) is 0. The number of hydrogen-bond acceptors (Lipinski definition) is 4. The van der Waals surface area contributed by atoms with Crippen molar-refractivity contribution in [3.8, 4) is 11.1 Å². The van der Waals surface area contributed by atoms with Crippen LogP contribution in [0.4, 0.5) is 9.39 Å². The number of carbonyl (C=O) groups excluding carboxylic acids is 2. The predicted molar refractivity (Wildman–Crippen MR) is 100 cm³/mol. The lowest BCUT2D eigenvalue weighted by Gasteiger charge is -2.08. The Hall–Kier alpha value is -2.99. The maximum atomic E-state index is 13.4. The average molecular weight is 369 g/mol. The molecule has 3 rings (SSSR count). The molecule has 0 atom stereocenters. The van der Waals surface area contributed by atoms with Crippen molar-refractivity contribution in [2.45, 2.75) is 6.92 Å². The van der Waals surface area contributed by atoms with Crippen LogP contribution in [0.25, 0.3) is 11.1 Å². The summed E-state index contributed by atoms with van der Waals surface area (Å²) in [4.78, 5) is 25.7. The van der Waals surface area contributed by atoms with Gasteiger partial charge in [-0.3, -0.25) is 4.79 Å². The second-order valence-corrected chi connectivity index (χ2v) is 6.78. The highest BCUT2D eigenvalue weighted by atomic mass is 32.1. The molecular formula is C20H16FNO3S. The Bertz CT molecular complexity index is 966. The second-order valence-electron chi connectivity index (χ2n) is 5.56. The third-order valence-corrected chi connectivity index (χ3v) is 4.87. The molecule has 1 heterocycles. The van der Waals surface area contributed by atoms with Crippen molar-refractivity contribution in [2.75, 3.05) is 12.4 Å². The number of halogens is 1. The van der Waals surface area contributed by atoms with Crippen molar-refractivity contribution >= 4 is 28.2 Å². The highest BCUT2D eigenvalue weighted by molar-refractivity contribution is 7.17. The number of methoxy groups -OCH3 is 1. The number of amides is 1. The number of aryl methyl sites for hydroxylation is 1. The van der Waals surface area contributed by atoms with E-state index < -0.39 is 17.7 Å². The first-order valence-corrected chi connectivity index (χ1v) is 8.67. The summed E-state index contributed by atoms with van der Waals surface area (Å²) in [5.74, 6) is -1.53. The number of carbonyl (C=O) groups is 2. The minimum Gasteiger partial charge on any atom is -0.465 e. The molecule has 0 aliphatic carbocycles. The van der Waals surface area contributed by atoms with Crippen LogP contribution < -0.4 is 5.32 Å². The molecule has 0 saturated carbocycles. The maximum Gasteiger partial charge on any atom is 0.341 e. The molecule has 26 heavy (non-hydrogen) atoms. The predicted octanol–water partition coefficient (Wildman–Crippen LogP) is 4.90. The topological polar surface area (TPSA) is 55.4 Å². The number of nitrogens with one attached hydrogen (secondary N) is 1. The Morgan fingerprint density at radius 2 is 1.81 bits per heavy atom. The zero-order chi connectivity index (χ0) is 18.7. The maximum absolute atomic E-state index is 13.4. The van der Waals surface area contributed by atoms with Gasteiger partial charge in [0, 0.05) is 16.0 Å². The number of ether oxygens (including phenoxy) is 1. The van der Waals surface area contributed by atoms with Crippen molar-refractivity contribution in [1.82, 2.24) is 0 Å². The Balaban J connectivity index is 2.05. The van der Waals surface area contributed by atoms with Crippen LogP contribution >= 0.6 is 11.3 Å². The van der Waals surface area contributed by atoms with Gasteiger partial charge in [0.15, 0.2) is 0 Å². The van der Waals surface area contributed by atoms with Crippen molar-refractivity contribution in [2.24, 2.45) is 0 Å². The smallest absolute Gasteiger partial charge is 0.341 e. The molecule has 1 aromatic heterocycles. The first kappa shape index (κ1) is 17.8. The monoisotopic (exact) mass is 369 g/mol. The fourth-order valence-electron chi connectivity index (χ4n) is 2.69. The van der Waals surface area contributed by atoms with Gasteiger partial charge in [-0.05, 0) is 30.7 Å². The molecule has 0 bridgehead atoms. The van der Waals surface area contributed by atoms with Crippen molar-refractivity contribution in [1.29, 1.82) is 0 Å². The molecule has 1 N–H and O–H groups in total. The standard InChI is InChI=1S/C20H16FNO3S/c1-12-16(13-7-4-3-5-8-13)17(20(24)25-2)19(26-12)22-18(23)14-9-6-10-15(21)11-14/h3-11H,1-2H3,(H,22,23). The molecule has 0 saturated heterocycles. The minimum atomic E-state index is -0.539. The third kappa shape index (κ3) is 3.50. The van der Waals surface area contributed by atoms with E-state index in [-0.39, 0.29) is 5.56 Å². The van der Waals surface area contributed by atoms with Crippen LogP contribution in [0, 0.1) is 12.7 Å². The van der Waals surface area contributed by atoms with Crippen LogP contribution in [0.2, 0.25) is 0 Å². The summed E-state index contributed by atoms with van der Waals surface area (Å²) in [5, 5.41) is 3.09. The van der Waals surface area contributed by atoms with Crippen molar-refractivity contribution in [3.63, 3.8) is 0 Å². The summed E-state index contributed by atoms with van der Waals surface area (Å²) in [6.45, 7) is 1.87. The first-order chi connectivity index (χ1) is 12.5. The fraction of sp³-hybridized carbons (Fsp3) is 0.100. The Morgan fingerprint density at radius 1 is 1.08 bits per heavy atom. The summed E-state index contributed by atoms with van der Waals surface area (Å²) >= 11 is 1.28. The number of rotatable bonds is 4. The van der Waals surface area contributed by atoms with Crippen LogP contribution in [0.15, 0.2) is 54.6 Å². The van der Waals surface area contributed by atoms with Crippen molar-refractivity contribution < 1.29 is 18.7 Å². The van der Waals surface area contributed by atoms with E-state index >= 15 is 0 Å². The number of esters is 1. The van der Waals surface area contributed by atoms with Gasteiger partial charge in [-0.1, -0.05) is 36.4 Å². The van der Waals surface area contributed by atoms with Gasteiger partial charge in [0.25, 0.3) is 5.91 Å². The van der Waals surface area contributed by atoms with Gasteiger partial charge in [-0.15, -0.1) is 11.3 Å². The molecule has 0 spiro atoms. The summed E-state index contributed by atoms with van der Waals surface area (Å²) < 4.78 is 18.3. The van der Waals surface area contributed by atoms with Gasteiger partial charge < -0.3 is 10.1 Å². The number of hydrogen-bond donors (Lipinski definition) is 1. The molecule has 132 valence electrons. The van der Waals surface area contributed by atoms with E-state index in [1.807, 2.05) is 37.3 Å². The highest BCUT2D eigenvalue weighted by Crippen LogP contribution is 2.40. The zero-order valence-corrected chi connectivity index (χ0v) is 15.0. The quantitative estimate of drug-likeness (QED) is 0.666.